The monoisotopic (exact) mass is 431 g/mol. The molecule has 0 radical (unpaired) electrons. The molecule has 2 N–H and O–H groups in total. The van der Waals surface area contributed by atoms with Gasteiger partial charge >= 0.3 is 0 Å². The number of fused-ring (bicyclic) bond motifs is 1. The summed E-state index contributed by atoms with van der Waals surface area (Å²) in [6, 6.07) is 9.21. The molecular formula is C15H12Br2ClNO2. The van der Waals surface area contributed by atoms with Gasteiger partial charge in [0, 0.05) is 8.95 Å². The third-order valence-corrected chi connectivity index (χ3v) is 5.22. The van der Waals surface area contributed by atoms with E-state index in [-0.39, 0.29) is 6.04 Å². The number of halogens is 3. The first-order valence-corrected chi connectivity index (χ1v) is 8.32. The predicted octanol–water partition coefficient (Wildman–Crippen LogP) is 4.68. The molecule has 0 saturated carbocycles. The maximum Gasteiger partial charge on any atom is 0.162 e. The molecule has 2 aromatic rings. The van der Waals surface area contributed by atoms with Crippen LogP contribution in [0.3, 0.4) is 0 Å². The molecule has 1 atom stereocenters. The van der Waals surface area contributed by atoms with Crippen molar-refractivity contribution in [3.63, 3.8) is 0 Å². The molecule has 1 aliphatic rings. The average Bonchev–Trinajstić information content (AvgIpc) is 2.48. The van der Waals surface area contributed by atoms with Gasteiger partial charge in [-0.05, 0) is 51.3 Å². The van der Waals surface area contributed by atoms with Crippen molar-refractivity contribution in [2.45, 2.75) is 6.04 Å². The van der Waals surface area contributed by atoms with E-state index in [0.717, 1.165) is 31.6 Å². The van der Waals surface area contributed by atoms with Crippen LogP contribution in [0, 0.1) is 0 Å². The number of rotatable bonds is 2. The lowest BCUT2D eigenvalue weighted by Gasteiger charge is -2.22. The zero-order valence-electron chi connectivity index (χ0n) is 10.9. The van der Waals surface area contributed by atoms with Crippen molar-refractivity contribution in [3.05, 3.63) is 55.4 Å². The van der Waals surface area contributed by atoms with Crippen LogP contribution >= 0.6 is 43.5 Å². The van der Waals surface area contributed by atoms with Crippen LogP contribution in [0.5, 0.6) is 11.5 Å². The normalized spacial score (nSPS) is 14.9. The zero-order chi connectivity index (χ0) is 15.0. The first-order chi connectivity index (χ1) is 10.1. The van der Waals surface area contributed by atoms with E-state index in [4.69, 9.17) is 26.8 Å². The molecule has 1 aliphatic heterocycles. The first-order valence-electron chi connectivity index (χ1n) is 6.36. The van der Waals surface area contributed by atoms with Gasteiger partial charge in [0.1, 0.15) is 13.2 Å². The van der Waals surface area contributed by atoms with Crippen LogP contribution < -0.4 is 15.2 Å². The molecule has 1 heterocycles. The lowest BCUT2D eigenvalue weighted by molar-refractivity contribution is 0.171. The van der Waals surface area contributed by atoms with Crippen molar-refractivity contribution >= 4 is 43.5 Å². The predicted molar refractivity (Wildman–Crippen MR) is 90.3 cm³/mol. The lowest BCUT2D eigenvalue weighted by atomic mass is 9.99. The van der Waals surface area contributed by atoms with E-state index in [1.54, 1.807) is 0 Å². The Morgan fingerprint density at radius 2 is 1.67 bits per heavy atom. The molecule has 0 fully saturated rings. The topological polar surface area (TPSA) is 44.5 Å². The van der Waals surface area contributed by atoms with Crippen molar-refractivity contribution in [3.8, 4) is 11.5 Å². The summed E-state index contributed by atoms with van der Waals surface area (Å²) in [4.78, 5) is 0. The average molecular weight is 434 g/mol. The Bertz CT molecular complexity index is 694. The van der Waals surface area contributed by atoms with Crippen LogP contribution in [0.1, 0.15) is 17.2 Å². The molecule has 0 aliphatic carbocycles. The quantitative estimate of drug-likeness (QED) is 0.748. The fraction of sp³-hybridized carbons (Fsp3) is 0.200. The zero-order valence-corrected chi connectivity index (χ0v) is 14.8. The Morgan fingerprint density at radius 1 is 1.00 bits per heavy atom. The summed E-state index contributed by atoms with van der Waals surface area (Å²) in [6.45, 7) is 1.11. The van der Waals surface area contributed by atoms with Gasteiger partial charge in [-0.15, -0.1) is 0 Å². The van der Waals surface area contributed by atoms with Gasteiger partial charge in [0.05, 0.1) is 11.1 Å². The van der Waals surface area contributed by atoms with Crippen LogP contribution in [0.4, 0.5) is 0 Å². The first kappa shape index (κ1) is 15.2. The van der Waals surface area contributed by atoms with Gasteiger partial charge in [-0.1, -0.05) is 33.6 Å². The van der Waals surface area contributed by atoms with E-state index in [2.05, 4.69) is 31.9 Å². The molecule has 0 amide bonds. The maximum absolute atomic E-state index is 6.37. The third-order valence-electron chi connectivity index (χ3n) is 3.30. The summed E-state index contributed by atoms with van der Waals surface area (Å²) in [5.74, 6) is 1.45. The fourth-order valence-corrected chi connectivity index (χ4v) is 3.21. The molecule has 1 unspecified atom stereocenters. The van der Waals surface area contributed by atoms with Gasteiger partial charge < -0.3 is 15.2 Å². The van der Waals surface area contributed by atoms with Gasteiger partial charge in [-0.2, -0.15) is 0 Å². The Hall–Kier alpha value is -0.750. The minimum Gasteiger partial charge on any atom is -0.486 e. The number of benzene rings is 2. The highest BCUT2D eigenvalue weighted by Crippen LogP contribution is 2.39. The molecule has 0 aromatic heterocycles. The van der Waals surface area contributed by atoms with Gasteiger partial charge in [0.2, 0.25) is 0 Å². The lowest BCUT2D eigenvalue weighted by Crippen LogP contribution is -2.17. The molecule has 0 saturated heterocycles. The van der Waals surface area contributed by atoms with E-state index in [1.807, 2.05) is 30.3 Å². The van der Waals surface area contributed by atoms with E-state index >= 15 is 0 Å². The maximum atomic E-state index is 6.37. The Balaban J connectivity index is 2.00. The van der Waals surface area contributed by atoms with E-state index in [1.165, 1.54) is 0 Å². The smallest absolute Gasteiger partial charge is 0.162 e. The second kappa shape index (κ2) is 6.16. The second-order valence-electron chi connectivity index (χ2n) is 4.67. The SMILES string of the molecule is NC(c1ccc(Br)c(Cl)c1)c1cc2c(cc1Br)OCCO2. The molecular weight excluding hydrogens is 421 g/mol. The standard InChI is InChI=1S/C15H12Br2ClNO2/c16-10-2-1-8(5-12(10)18)15(19)9-6-13-14(7-11(9)17)21-4-3-20-13/h1-2,5-7,15H,3-4,19H2. The van der Waals surface area contributed by atoms with Crippen LogP contribution in [-0.2, 0) is 0 Å². The Kier molecular flexibility index (Phi) is 4.45. The van der Waals surface area contributed by atoms with Gasteiger partial charge in [-0.25, -0.2) is 0 Å². The summed E-state index contributed by atoms with van der Waals surface area (Å²) in [5, 5.41) is 0.636. The molecule has 3 nitrogen and oxygen atoms in total. The number of hydrogen-bond acceptors (Lipinski definition) is 3. The van der Waals surface area contributed by atoms with Crippen molar-refractivity contribution in [1.29, 1.82) is 0 Å². The molecule has 0 spiro atoms. The van der Waals surface area contributed by atoms with Crippen LogP contribution in [0.25, 0.3) is 0 Å². The Morgan fingerprint density at radius 3 is 2.33 bits per heavy atom. The van der Waals surface area contributed by atoms with Crippen molar-refractivity contribution in [2.75, 3.05) is 13.2 Å². The molecule has 21 heavy (non-hydrogen) atoms. The van der Waals surface area contributed by atoms with Crippen molar-refractivity contribution in [2.24, 2.45) is 5.73 Å². The largest absolute Gasteiger partial charge is 0.486 e. The Labute approximate surface area is 144 Å². The van der Waals surface area contributed by atoms with E-state index < -0.39 is 0 Å². The van der Waals surface area contributed by atoms with Gasteiger partial charge in [0.25, 0.3) is 0 Å². The molecule has 2 aromatic carbocycles. The minimum absolute atomic E-state index is 0.305. The van der Waals surface area contributed by atoms with Crippen LogP contribution in [0.15, 0.2) is 39.3 Å². The summed E-state index contributed by atoms with van der Waals surface area (Å²) >= 11 is 13.1. The number of hydrogen-bond donors (Lipinski definition) is 1. The minimum atomic E-state index is -0.305. The van der Waals surface area contributed by atoms with E-state index in [0.29, 0.717) is 18.2 Å². The van der Waals surface area contributed by atoms with Crippen LogP contribution in [0.2, 0.25) is 5.02 Å². The highest BCUT2D eigenvalue weighted by molar-refractivity contribution is 9.10. The van der Waals surface area contributed by atoms with Crippen molar-refractivity contribution in [1.82, 2.24) is 0 Å². The highest BCUT2D eigenvalue weighted by Gasteiger charge is 2.19. The van der Waals surface area contributed by atoms with Gasteiger partial charge in [-0.3, -0.25) is 0 Å². The highest BCUT2D eigenvalue weighted by atomic mass is 79.9. The van der Waals surface area contributed by atoms with E-state index in [9.17, 15) is 0 Å². The summed E-state index contributed by atoms with van der Waals surface area (Å²) in [5.41, 5.74) is 8.23. The summed E-state index contributed by atoms with van der Waals surface area (Å²) in [7, 11) is 0. The third kappa shape index (κ3) is 3.06. The molecule has 0 bridgehead atoms. The van der Waals surface area contributed by atoms with Gasteiger partial charge in [0.15, 0.2) is 11.5 Å². The molecule has 110 valence electrons. The second-order valence-corrected chi connectivity index (χ2v) is 6.78. The number of ether oxygens (including phenoxy) is 2. The summed E-state index contributed by atoms with van der Waals surface area (Å²) in [6.07, 6.45) is 0. The van der Waals surface area contributed by atoms with Crippen molar-refractivity contribution < 1.29 is 9.47 Å². The summed E-state index contributed by atoms with van der Waals surface area (Å²) < 4.78 is 12.9. The number of nitrogens with two attached hydrogens (primary N) is 1. The fourth-order valence-electron chi connectivity index (χ4n) is 2.20. The molecule has 6 heteroatoms. The molecule has 3 rings (SSSR count). The van der Waals surface area contributed by atoms with Crippen LogP contribution in [-0.4, -0.2) is 13.2 Å².